The van der Waals surface area contributed by atoms with E-state index in [9.17, 15) is 22.4 Å². The summed E-state index contributed by atoms with van der Waals surface area (Å²) in [7, 11) is 0. The molecule has 0 spiro atoms. The van der Waals surface area contributed by atoms with Gasteiger partial charge in [-0.3, -0.25) is 0 Å². The summed E-state index contributed by atoms with van der Waals surface area (Å²) in [6, 6.07) is 5.37. The summed E-state index contributed by atoms with van der Waals surface area (Å²) in [6.45, 7) is 2.23. The zero-order chi connectivity index (χ0) is 23.5. The predicted molar refractivity (Wildman–Crippen MR) is 118 cm³/mol. The van der Waals surface area contributed by atoms with Crippen molar-refractivity contribution in [2.45, 2.75) is 70.6 Å². The third-order valence-electron chi connectivity index (χ3n) is 7.53. The first-order valence-electron chi connectivity index (χ1n) is 12.0. The van der Waals surface area contributed by atoms with E-state index >= 15 is 0 Å². The van der Waals surface area contributed by atoms with Crippen molar-refractivity contribution in [3.63, 3.8) is 0 Å². The lowest BCUT2D eigenvalue weighted by atomic mass is 9.63. The number of benzene rings is 2. The monoisotopic (exact) mass is 462 g/mol. The highest BCUT2D eigenvalue weighted by Gasteiger charge is 2.36. The third-order valence-corrected chi connectivity index (χ3v) is 7.53. The maximum absolute atomic E-state index is 15.0. The molecular weight excluding hydrogens is 432 g/mol. The summed E-state index contributed by atoms with van der Waals surface area (Å²) < 4.78 is 59.6. The largest absolute Gasteiger partial charge is 0.423 e. The molecule has 0 saturated heterocycles. The van der Waals surface area contributed by atoms with Crippen LogP contribution in [-0.2, 0) is 0 Å². The lowest BCUT2D eigenvalue weighted by Crippen LogP contribution is -2.30. The second kappa shape index (κ2) is 10.3. The fourth-order valence-electron chi connectivity index (χ4n) is 5.77. The van der Waals surface area contributed by atoms with E-state index in [1.165, 1.54) is 44.6 Å². The van der Waals surface area contributed by atoms with Crippen molar-refractivity contribution in [3.05, 3.63) is 64.7 Å². The second-order valence-corrected chi connectivity index (χ2v) is 9.68. The van der Waals surface area contributed by atoms with Crippen molar-refractivity contribution in [1.29, 1.82) is 0 Å². The summed E-state index contributed by atoms with van der Waals surface area (Å²) in [6.07, 6.45) is 10.7. The van der Waals surface area contributed by atoms with Crippen LogP contribution in [0.2, 0.25) is 0 Å². The topological polar surface area (TPSA) is 26.3 Å². The summed E-state index contributed by atoms with van der Waals surface area (Å²) in [4.78, 5) is 12.3. The molecule has 0 N–H and O–H groups in total. The molecule has 0 aromatic heterocycles. The Bertz CT molecular complexity index is 983. The number of halogens is 4. The Morgan fingerprint density at radius 3 is 2.30 bits per heavy atom. The number of esters is 1. The molecule has 4 atom stereocenters. The van der Waals surface area contributed by atoms with Gasteiger partial charge in [0.1, 0.15) is 11.6 Å². The van der Waals surface area contributed by atoms with Crippen LogP contribution in [0.3, 0.4) is 0 Å². The van der Waals surface area contributed by atoms with E-state index in [2.05, 4.69) is 6.92 Å². The molecule has 178 valence electrons. The van der Waals surface area contributed by atoms with Crippen LogP contribution in [0.25, 0.3) is 0 Å². The van der Waals surface area contributed by atoms with Crippen molar-refractivity contribution in [2.75, 3.05) is 0 Å². The van der Waals surface area contributed by atoms with Crippen molar-refractivity contribution in [3.8, 4) is 5.75 Å². The van der Waals surface area contributed by atoms with E-state index in [1.54, 1.807) is 6.07 Å². The number of fused-ring (bicyclic) bond motifs is 1. The van der Waals surface area contributed by atoms with Crippen LogP contribution >= 0.6 is 0 Å². The first-order valence-corrected chi connectivity index (χ1v) is 12.0. The van der Waals surface area contributed by atoms with Crippen LogP contribution in [0.5, 0.6) is 5.75 Å². The highest BCUT2D eigenvalue weighted by atomic mass is 19.2. The summed E-state index contributed by atoms with van der Waals surface area (Å²) >= 11 is 0. The van der Waals surface area contributed by atoms with Crippen molar-refractivity contribution < 1.29 is 27.1 Å². The van der Waals surface area contributed by atoms with Crippen LogP contribution in [0.4, 0.5) is 17.6 Å². The molecule has 2 aliphatic rings. The number of carbonyl (C=O) groups is 1. The van der Waals surface area contributed by atoms with Gasteiger partial charge in [0.2, 0.25) is 0 Å². The van der Waals surface area contributed by atoms with Gasteiger partial charge in [0, 0.05) is 12.1 Å². The quantitative estimate of drug-likeness (QED) is 0.188. The molecule has 0 heterocycles. The van der Waals surface area contributed by atoms with Crippen LogP contribution in [0.1, 0.15) is 86.6 Å². The van der Waals surface area contributed by atoms with Gasteiger partial charge in [-0.25, -0.2) is 22.4 Å². The standard InChI is InChI=1S/C27H30F4O2/c1-2-3-4-16-5-6-18-12-19(8-7-17(18)11-16)22-10-9-20(13-23(22)28)27(32)33-21-14-24(29)26(31)25(30)15-21/h9-10,13-19H,2-8,11-12H2,1H3/t16-,17-,18+,19?/m0/s1. The average molecular weight is 463 g/mol. The van der Waals surface area contributed by atoms with E-state index in [-0.39, 0.29) is 11.5 Å². The summed E-state index contributed by atoms with van der Waals surface area (Å²) in [5.74, 6) is -4.14. The minimum Gasteiger partial charge on any atom is -0.423 e. The van der Waals surface area contributed by atoms with Gasteiger partial charge in [-0.05, 0) is 73.5 Å². The average Bonchev–Trinajstić information content (AvgIpc) is 2.80. The Morgan fingerprint density at radius 1 is 0.909 bits per heavy atom. The fourth-order valence-corrected chi connectivity index (χ4v) is 5.77. The minimum atomic E-state index is -1.64. The van der Waals surface area contributed by atoms with Gasteiger partial charge in [0.25, 0.3) is 0 Å². The molecule has 0 aliphatic heterocycles. The van der Waals surface area contributed by atoms with Gasteiger partial charge < -0.3 is 4.74 Å². The molecule has 2 aliphatic carbocycles. The molecule has 2 saturated carbocycles. The van der Waals surface area contributed by atoms with Crippen LogP contribution in [0, 0.1) is 41.0 Å². The summed E-state index contributed by atoms with van der Waals surface area (Å²) in [5, 5.41) is 0. The Hall–Kier alpha value is -2.37. The Morgan fingerprint density at radius 2 is 1.61 bits per heavy atom. The van der Waals surface area contributed by atoms with E-state index in [1.807, 2.05) is 0 Å². The zero-order valence-electron chi connectivity index (χ0n) is 18.9. The zero-order valence-corrected chi connectivity index (χ0v) is 18.9. The van der Waals surface area contributed by atoms with E-state index in [4.69, 9.17) is 4.74 Å². The maximum atomic E-state index is 15.0. The molecule has 2 fully saturated rings. The first kappa shape index (κ1) is 23.8. The molecule has 6 heteroatoms. The molecule has 4 rings (SSSR count). The van der Waals surface area contributed by atoms with Crippen molar-refractivity contribution in [2.24, 2.45) is 17.8 Å². The molecule has 33 heavy (non-hydrogen) atoms. The minimum absolute atomic E-state index is 0.0634. The number of hydrogen-bond acceptors (Lipinski definition) is 2. The predicted octanol–water partition coefficient (Wildman–Crippen LogP) is 7.95. The lowest BCUT2D eigenvalue weighted by molar-refractivity contribution is 0.0733. The van der Waals surface area contributed by atoms with Gasteiger partial charge in [0.05, 0.1) is 5.56 Å². The molecule has 2 aromatic rings. The Balaban J connectivity index is 1.39. The Kier molecular flexibility index (Phi) is 7.40. The van der Waals surface area contributed by atoms with Crippen LogP contribution in [-0.4, -0.2) is 5.97 Å². The van der Waals surface area contributed by atoms with Crippen molar-refractivity contribution in [1.82, 2.24) is 0 Å². The molecule has 2 nitrogen and oxygen atoms in total. The molecule has 1 unspecified atom stereocenters. The van der Waals surface area contributed by atoms with Gasteiger partial charge >= 0.3 is 5.97 Å². The molecule has 0 radical (unpaired) electrons. The maximum Gasteiger partial charge on any atom is 0.343 e. The van der Waals surface area contributed by atoms with Gasteiger partial charge in [-0.15, -0.1) is 0 Å². The van der Waals surface area contributed by atoms with E-state index < -0.39 is 35.0 Å². The Labute approximate surface area is 192 Å². The normalized spacial score (nSPS) is 24.9. The SMILES string of the molecule is CCCC[C@H]1CC[C@@H]2CC(c3ccc(C(=O)Oc4cc(F)c(F)c(F)c4)cc3F)CC[C@H]2C1. The molecule has 0 bridgehead atoms. The van der Waals surface area contributed by atoms with Gasteiger partial charge in [0.15, 0.2) is 17.5 Å². The van der Waals surface area contributed by atoms with E-state index in [0.29, 0.717) is 23.6 Å². The molecular formula is C27H30F4O2. The summed E-state index contributed by atoms with van der Waals surface area (Å²) in [5.41, 5.74) is 0.545. The van der Waals surface area contributed by atoms with Crippen LogP contribution < -0.4 is 4.74 Å². The number of unbranched alkanes of at least 4 members (excludes halogenated alkanes) is 1. The number of ether oxygens (including phenoxy) is 1. The number of rotatable bonds is 6. The lowest BCUT2D eigenvalue weighted by Gasteiger charge is -2.42. The smallest absolute Gasteiger partial charge is 0.343 e. The first-order chi connectivity index (χ1) is 15.9. The number of hydrogen-bond donors (Lipinski definition) is 0. The fraction of sp³-hybridized carbons (Fsp3) is 0.519. The third kappa shape index (κ3) is 5.42. The van der Waals surface area contributed by atoms with Crippen molar-refractivity contribution >= 4 is 5.97 Å². The van der Waals surface area contributed by atoms with Gasteiger partial charge in [-0.1, -0.05) is 38.7 Å². The highest BCUT2D eigenvalue weighted by Crippen LogP contribution is 2.48. The van der Waals surface area contributed by atoms with Gasteiger partial charge in [-0.2, -0.15) is 0 Å². The molecule has 2 aromatic carbocycles. The molecule has 0 amide bonds. The highest BCUT2D eigenvalue weighted by molar-refractivity contribution is 5.91. The van der Waals surface area contributed by atoms with Crippen LogP contribution in [0.15, 0.2) is 30.3 Å². The van der Waals surface area contributed by atoms with E-state index in [0.717, 1.165) is 37.2 Å². The number of carbonyl (C=O) groups excluding carboxylic acids is 1. The second-order valence-electron chi connectivity index (χ2n) is 9.68.